The van der Waals surface area contributed by atoms with E-state index in [9.17, 15) is 14.7 Å². The smallest absolute Gasteiger partial charge is 0.295 e. The summed E-state index contributed by atoms with van der Waals surface area (Å²) >= 11 is 6.08. The number of aliphatic hydroxyl groups is 1. The number of carbonyl (C=O) groups is 1. The first kappa shape index (κ1) is 35.2. The van der Waals surface area contributed by atoms with Crippen LogP contribution in [-0.4, -0.2) is 85.1 Å². The molecular weight excluding hydrogens is 672 g/mol. The summed E-state index contributed by atoms with van der Waals surface area (Å²) in [7, 11) is 1.44. The van der Waals surface area contributed by atoms with Crippen LogP contribution in [0.5, 0.6) is 17.4 Å². The van der Waals surface area contributed by atoms with Gasteiger partial charge in [0.25, 0.3) is 11.5 Å². The highest BCUT2D eigenvalue weighted by atomic mass is 35.5. The van der Waals surface area contributed by atoms with Crippen LogP contribution in [0.25, 0.3) is 0 Å². The van der Waals surface area contributed by atoms with Crippen molar-refractivity contribution in [2.24, 2.45) is 5.92 Å². The standard InChI is InChI=1S/C35H38ClF2N7O5/c1-22-15-41-25(16-40-22)17-43-10-8-28(29(18-43)23-6-4-3-5-7-23)32(46)44-11-9-34(48,35(37,38)20-44)19-45-21-42-31(30(39)33(45)47)50-27-13-24(36)12-26(14-27)49-2/h3-7,12-16,21,28-29,48H,8-11,17-20,39H2,1-2H3/t28-,29+,34+/m1/s1. The molecule has 12 nitrogen and oxygen atoms in total. The number of rotatable bonds is 9. The lowest BCUT2D eigenvalue weighted by Crippen LogP contribution is -2.64. The number of anilines is 1. The van der Waals surface area contributed by atoms with Gasteiger partial charge in [-0.2, -0.15) is 0 Å². The van der Waals surface area contributed by atoms with Gasteiger partial charge in [0.05, 0.1) is 31.6 Å². The summed E-state index contributed by atoms with van der Waals surface area (Å²) in [5.41, 5.74) is 4.60. The number of amides is 1. The fourth-order valence-electron chi connectivity index (χ4n) is 6.60. The van der Waals surface area contributed by atoms with Gasteiger partial charge < -0.3 is 25.2 Å². The van der Waals surface area contributed by atoms with Crippen molar-refractivity contribution in [3.63, 3.8) is 0 Å². The molecule has 2 fully saturated rings. The highest BCUT2D eigenvalue weighted by Gasteiger charge is 2.57. The monoisotopic (exact) mass is 709 g/mol. The Labute approximate surface area is 292 Å². The Balaban J connectivity index is 1.15. The summed E-state index contributed by atoms with van der Waals surface area (Å²) < 4.78 is 43.4. The molecule has 2 aliphatic rings. The molecule has 4 aromatic rings. The van der Waals surface area contributed by atoms with Gasteiger partial charge in [-0.05, 0) is 37.6 Å². The molecule has 1 amide bonds. The van der Waals surface area contributed by atoms with E-state index in [-0.39, 0.29) is 24.1 Å². The second-order valence-corrected chi connectivity index (χ2v) is 13.3. The maximum Gasteiger partial charge on any atom is 0.295 e. The molecule has 2 saturated heterocycles. The number of hydrogen-bond donors (Lipinski definition) is 2. The number of alkyl halides is 2. The van der Waals surface area contributed by atoms with Gasteiger partial charge in [-0.25, -0.2) is 13.8 Å². The van der Waals surface area contributed by atoms with Gasteiger partial charge in [0.15, 0.2) is 5.69 Å². The molecule has 2 aliphatic heterocycles. The molecule has 264 valence electrons. The van der Waals surface area contributed by atoms with Crippen molar-refractivity contribution in [2.45, 2.75) is 50.3 Å². The Kier molecular flexibility index (Phi) is 10.1. The molecule has 0 bridgehead atoms. The van der Waals surface area contributed by atoms with Crippen LogP contribution in [0.4, 0.5) is 14.5 Å². The van der Waals surface area contributed by atoms with Gasteiger partial charge in [-0.15, -0.1) is 0 Å². The van der Waals surface area contributed by atoms with Gasteiger partial charge in [-0.3, -0.25) is 29.0 Å². The van der Waals surface area contributed by atoms with E-state index < -0.39 is 54.1 Å². The van der Waals surface area contributed by atoms with E-state index in [0.717, 1.165) is 32.7 Å². The molecular formula is C35H38ClF2N7O5. The number of hydrogen-bond acceptors (Lipinski definition) is 10. The summed E-state index contributed by atoms with van der Waals surface area (Å²) in [6, 6.07) is 14.1. The first-order valence-corrected chi connectivity index (χ1v) is 16.5. The van der Waals surface area contributed by atoms with Crippen LogP contribution in [0.2, 0.25) is 5.02 Å². The first-order chi connectivity index (χ1) is 23.9. The number of ether oxygens (including phenoxy) is 2. The zero-order valence-electron chi connectivity index (χ0n) is 27.6. The number of aromatic nitrogens is 4. The van der Waals surface area contributed by atoms with Crippen molar-refractivity contribution < 1.29 is 28.2 Å². The molecule has 15 heteroatoms. The maximum absolute atomic E-state index is 15.9. The minimum absolute atomic E-state index is 0.124. The summed E-state index contributed by atoms with van der Waals surface area (Å²) in [6.07, 6.45) is 4.42. The third kappa shape index (κ3) is 7.42. The number of carbonyl (C=O) groups excluding carboxylic acids is 1. The maximum atomic E-state index is 15.9. The summed E-state index contributed by atoms with van der Waals surface area (Å²) in [5, 5.41) is 11.6. The third-order valence-corrected chi connectivity index (χ3v) is 9.62. The van der Waals surface area contributed by atoms with Gasteiger partial charge in [0, 0.05) is 61.4 Å². The normalized spacial score (nSPS) is 22.2. The molecule has 0 spiro atoms. The topological polar surface area (TPSA) is 149 Å². The summed E-state index contributed by atoms with van der Waals surface area (Å²) in [6.45, 7) is 1.60. The number of nitrogens with zero attached hydrogens (tertiary/aromatic N) is 6. The predicted molar refractivity (Wildman–Crippen MR) is 181 cm³/mol. The minimum Gasteiger partial charge on any atom is -0.497 e. The van der Waals surface area contributed by atoms with Gasteiger partial charge in [0.2, 0.25) is 11.8 Å². The van der Waals surface area contributed by atoms with Crippen LogP contribution in [-0.2, 0) is 17.9 Å². The fraction of sp³-hybridized carbons (Fsp3) is 0.400. The fourth-order valence-corrected chi connectivity index (χ4v) is 6.82. The van der Waals surface area contributed by atoms with Crippen molar-refractivity contribution in [2.75, 3.05) is 39.0 Å². The van der Waals surface area contributed by atoms with Crippen LogP contribution in [0.3, 0.4) is 0 Å². The highest BCUT2D eigenvalue weighted by Crippen LogP contribution is 2.41. The molecule has 2 aromatic heterocycles. The molecule has 0 saturated carbocycles. The van der Waals surface area contributed by atoms with Crippen molar-refractivity contribution in [1.82, 2.24) is 29.3 Å². The van der Waals surface area contributed by atoms with Crippen molar-refractivity contribution in [1.29, 1.82) is 0 Å². The summed E-state index contributed by atoms with van der Waals surface area (Å²) in [4.78, 5) is 43.3. The van der Waals surface area contributed by atoms with Crippen molar-refractivity contribution in [3.8, 4) is 17.4 Å². The van der Waals surface area contributed by atoms with E-state index in [1.54, 1.807) is 18.5 Å². The molecule has 50 heavy (non-hydrogen) atoms. The highest BCUT2D eigenvalue weighted by molar-refractivity contribution is 6.30. The Morgan fingerprint density at radius 2 is 1.86 bits per heavy atom. The molecule has 0 aliphatic carbocycles. The van der Waals surface area contributed by atoms with E-state index in [1.807, 2.05) is 37.3 Å². The number of benzene rings is 2. The van der Waals surface area contributed by atoms with Crippen LogP contribution < -0.4 is 20.8 Å². The van der Waals surface area contributed by atoms with Crippen molar-refractivity contribution >= 4 is 23.2 Å². The average Bonchev–Trinajstić information content (AvgIpc) is 3.10. The lowest BCUT2D eigenvalue weighted by Gasteiger charge is -2.46. The number of nitrogens with two attached hydrogens (primary N) is 1. The average molecular weight is 710 g/mol. The van der Waals surface area contributed by atoms with Crippen LogP contribution in [0, 0.1) is 12.8 Å². The Hall–Kier alpha value is -4.66. The quantitative estimate of drug-likeness (QED) is 0.258. The predicted octanol–water partition coefficient (Wildman–Crippen LogP) is 4.28. The number of aryl methyl sites for hydroxylation is 1. The largest absolute Gasteiger partial charge is 0.497 e. The SMILES string of the molecule is COc1cc(Cl)cc(Oc2ncn(C[C@@]3(O)CCN(C(=O)[C@@H]4CCN(Cc5cnc(C)cn5)C[C@H]4c4ccccc4)CC3(F)F)c(=O)c2N)c1. The Morgan fingerprint density at radius 3 is 2.56 bits per heavy atom. The minimum atomic E-state index is -3.76. The lowest BCUT2D eigenvalue weighted by atomic mass is 9.78. The molecule has 3 N–H and O–H groups in total. The van der Waals surface area contributed by atoms with Crippen LogP contribution >= 0.6 is 11.6 Å². The van der Waals surface area contributed by atoms with E-state index in [2.05, 4.69) is 19.9 Å². The molecule has 3 atom stereocenters. The summed E-state index contributed by atoms with van der Waals surface area (Å²) in [5.74, 6) is -4.62. The Morgan fingerprint density at radius 1 is 1.10 bits per heavy atom. The number of halogens is 3. The number of methoxy groups -OCH3 is 1. The van der Waals surface area contributed by atoms with Gasteiger partial charge in [-0.1, -0.05) is 41.9 Å². The van der Waals surface area contributed by atoms with Crippen LogP contribution in [0.1, 0.15) is 35.7 Å². The second-order valence-electron chi connectivity index (χ2n) is 12.9. The van der Waals surface area contributed by atoms with Gasteiger partial charge in [0.1, 0.15) is 23.4 Å². The Bertz CT molecular complexity index is 1900. The van der Waals surface area contributed by atoms with Gasteiger partial charge >= 0.3 is 0 Å². The van der Waals surface area contributed by atoms with Crippen molar-refractivity contribution in [3.05, 3.63) is 99.6 Å². The lowest BCUT2D eigenvalue weighted by molar-refractivity contribution is -0.223. The third-order valence-electron chi connectivity index (χ3n) is 9.40. The molecule has 0 radical (unpaired) electrons. The van der Waals surface area contributed by atoms with E-state index in [4.69, 9.17) is 26.8 Å². The molecule has 0 unspecified atom stereocenters. The number of piperidine rings is 2. The zero-order chi connectivity index (χ0) is 35.6. The molecule has 6 rings (SSSR count). The second kappa shape index (κ2) is 14.3. The van der Waals surface area contributed by atoms with E-state index in [1.165, 1.54) is 19.2 Å². The van der Waals surface area contributed by atoms with E-state index >= 15 is 8.78 Å². The van der Waals surface area contributed by atoms with Crippen LogP contribution in [0.15, 0.2) is 72.0 Å². The first-order valence-electron chi connectivity index (χ1n) is 16.2. The number of nitrogen functional groups attached to an aromatic ring is 1. The number of likely N-dealkylation sites (tertiary alicyclic amines) is 2. The molecule has 2 aromatic carbocycles. The zero-order valence-corrected chi connectivity index (χ0v) is 28.4. The van der Waals surface area contributed by atoms with E-state index in [0.29, 0.717) is 36.8 Å². The molecule has 4 heterocycles.